The summed E-state index contributed by atoms with van der Waals surface area (Å²) in [6.45, 7) is 27.9. The Morgan fingerprint density at radius 1 is 0.474 bits per heavy atom. The van der Waals surface area contributed by atoms with Crippen molar-refractivity contribution in [1.29, 1.82) is 0 Å². The number of rotatable bonds is 2. The van der Waals surface area contributed by atoms with Crippen LogP contribution in [0.1, 0.15) is 122 Å². The molecule has 0 radical (unpaired) electrons. The maximum absolute atomic E-state index is 10.7. The number of fused-ring (bicyclic) bond motifs is 2. The predicted octanol–water partition coefficient (Wildman–Crippen LogP) is 16.1. The van der Waals surface area contributed by atoms with Crippen LogP contribution in [0.2, 0.25) is 0 Å². The fourth-order valence-electron chi connectivity index (χ4n) is 6.96. The molecular weight excluding hydrogens is 766 g/mol. The van der Waals surface area contributed by atoms with Crippen LogP contribution >= 0.6 is 7.81 Å². The molecule has 5 aliphatic rings. The standard InChI is InChI=1S/C49H53S.F6P/c1-46(2,3)33-19-25-36-38(27-21-33)42(48(7,8)9)30-40(36)45(44-29-24-35(50-44)23-18-32-16-14-13-15-17-32)41-31-43(49(10,11)12)39-28-22-34(47(4,5)6)20-26-37(39)41;1-7(2,3,4,5)6/h13-17,19-22,24-31H,1-12H3;/q+1;-1. The summed E-state index contributed by atoms with van der Waals surface area (Å²) in [5.74, 6) is 6.89. The van der Waals surface area contributed by atoms with Crippen molar-refractivity contribution in [3.63, 3.8) is 0 Å². The topological polar surface area (TPSA) is 0 Å². The normalized spacial score (nSPS) is 15.0. The van der Waals surface area contributed by atoms with Crippen molar-refractivity contribution in [3.8, 4) is 34.1 Å². The van der Waals surface area contributed by atoms with Crippen molar-refractivity contribution < 1.29 is 25.2 Å². The molecule has 0 unspecified atom stereocenters. The van der Waals surface area contributed by atoms with Crippen LogP contribution in [0.15, 0.2) is 108 Å². The van der Waals surface area contributed by atoms with Crippen molar-refractivity contribution >= 4 is 29.6 Å². The first-order valence-corrected chi connectivity index (χ1v) is 21.9. The Balaban J connectivity index is 0.000000811. The number of hydrogen-bond donors (Lipinski definition) is 0. The van der Waals surface area contributed by atoms with Crippen LogP contribution in [0.5, 0.6) is 0 Å². The molecule has 0 saturated heterocycles. The van der Waals surface area contributed by atoms with Crippen molar-refractivity contribution in [2.75, 3.05) is 0 Å². The van der Waals surface area contributed by atoms with Gasteiger partial charge in [0.2, 0.25) is 16.3 Å². The Labute approximate surface area is 339 Å². The zero-order valence-corrected chi connectivity index (χ0v) is 36.6. The molecule has 1 heterocycles. The van der Waals surface area contributed by atoms with Crippen molar-refractivity contribution in [2.24, 2.45) is 0 Å². The molecule has 8 heteroatoms. The third kappa shape index (κ3) is 11.5. The van der Waals surface area contributed by atoms with Gasteiger partial charge in [-0.25, -0.2) is 0 Å². The summed E-state index contributed by atoms with van der Waals surface area (Å²) >= 11 is 1.80. The summed E-state index contributed by atoms with van der Waals surface area (Å²) in [5.41, 5.74) is 15.6. The average Bonchev–Trinajstić information content (AvgIpc) is 3.64. The van der Waals surface area contributed by atoms with Crippen LogP contribution in [-0.2, 0) is 33.0 Å². The quantitative estimate of drug-likeness (QED) is 0.0547. The molecule has 57 heavy (non-hydrogen) atoms. The van der Waals surface area contributed by atoms with Crippen LogP contribution in [0, 0.1) is 11.8 Å². The van der Waals surface area contributed by atoms with Crippen molar-refractivity contribution in [1.82, 2.24) is 0 Å². The molecule has 302 valence electrons. The number of benzene rings is 1. The monoisotopic (exact) mass is 818 g/mol. The zero-order valence-electron chi connectivity index (χ0n) is 34.9. The second kappa shape index (κ2) is 14.2. The van der Waals surface area contributed by atoms with E-state index in [0.29, 0.717) is 0 Å². The Morgan fingerprint density at radius 3 is 1.23 bits per heavy atom. The zero-order chi connectivity index (χ0) is 42.6. The number of allylic oxidation sites excluding steroid dienone is 2. The molecule has 1 aliphatic heterocycles. The van der Waals surface area contributed by atoms with Gasteiger partial charge in [-0.1, -0.05) is 156 Å². The van der Waals surface area contributed by atoms with E-state index in [-0.39, 0.29) is 21.7 Å². The van der Waals surface area contributed by atoms with Gasteiger partial charge in [0.15, 0.2) is 0 Å². The Hall–Kier alpha value is -4.24. The van der Waals surface area contributed by atoms with Crippen LogP contribution < -0.4 is 0 Å². The predicted molar refractivity (Wildman–Crippen MR) is 235 cm³/mol. The van der Waals surface area contributed by atoms with Crippen LogP contribution in [-0.4, -0.2) is 4.86 Å². The molecule has 0 saturated carbocycles. The van der Waals surface area contributed by atoms with Gasteiger partial charge >= 0.3 is 33.0 Å². The summed E-state index contributed by atoms with van der Waals surface area (Å²) < 4.78 is 59.2. The third-order valence-corrected chi connectivity index (χ3v) is 10.9. The van der Waals surface area contributed by atoms with Crippen LogP contribution in [0.4, 0.5) is 25.2 Å². The molecule has 0 nitrogen and oxygen atoms in total. The van der Waals surface area contributed by atoms with E-state index in [9.17, 15) is 25.2 Å². The van der Waals surface area contributed by atoms with Crippen molar-refractivity contribution in [3.05, 3.63) is 147 Å². The van der Waals surface area contributed by atoms with Crippen LogP contribution in [0.3, 0.4) is 0 Å². The first-order valence-electron chi connectivity index (χ1n) is 19.0. The van der Waals surface area contributed by atoms with E-state index in [2.05, 4.69) is 180 Å². The second-order valence-electron chi connectivity index (χ2n) is 19.0. The van der Waals surface area contributed by atoms with Gasteiger partial charge in [0.05, 0.1) is 5.57 Å². The molecule has 0 bridgehead atoms. The van der Waals surface area contributed by atoms with Crippen LogP contribution in [0.25, 0.3) is 27.8 Å². The summed E-state index contributed by atoms with van der Waals surface area (Å²) in [6.07, 6.45) is 4.50. The molecule has 0 spiro atoms. The van der Waals surface area contributed by atoms with Gasteiger partial charge in [-0.2, -0.15) is 0 Å². The Morgan fingerprint density at radius 2 is 0.860 bits per heavy atom. The molecule has 0 fully saturated rings. The van der Waals surface area contributed by atoms with E-state index >= 15 is 0 Å². The van der Waals surface area contributed by atoms with E-state index < -0.39 is 7.81 Å². The fourth-order valence-corrected chi connectivity index (χ4v) is 7.89. The average molecular weight is 819 g/mol. The van der Waals surface area contributed by atoms with Gasteiger partial charge in [0.25, 0.3) is 4.86 Å². The minimum absolute atomic E-state index is 0.0294. The SMILES string of the molecule is CC(C)(C)c1ccc2c(C(=C3C=CC(C#Cc4ccccc4)=[S+]3)c3cc(C(C)(C)C)c4ccc(C(C)(C)C)ccc3-4)cc(C(C)(C)C)c-2cc1.F[P-](F)(F)(F)(F)F. The molecule has 0 N–H and O–H groups in total. The summed E-state index contributed by atoms with van der Waals surface area (Å²) in [6, 6.07) is 34.2. The molecular formula is C49H53F6PS. The van der Waals surface area contributed by atoms with E-state index in [1.807, 2.05) is 18.2 Å². The summed E-state index contributed by atoms with van der Waals surface area (Å²) in [7, 11) is -10.7. The van der Waals surface area contributed by atoms with Gasteiger partial charge in [0.1, 0.15) is 0 Å². The minimum atomic E-state index is -10.7. The Bertz CT molecular complexity index is 2290. The molecule has 1 aromatic rings. The fraction of sp³-hybridized carbons (Fsp3) is 0.327. The summed E-state index contributed by atoms with van der Waals surface area (Å²) in [5, 5.41) is 0. The Kier molecular flexibility index (Phi) is 11.0. The van der Waals surface area contributed by atoms with E-state index in [4.69, 9.17) is 0 Å². The van der Waals surface area contributed by atoms with E-state index in [1.165, 1.54) is 66.1 Å². The molecule has 4 aliphatic carbocycles. The second-order valence-corrected chi connectivity index (χ2v) is 22.0. The molecule has 0 amide bonds. The molecule has 6 rings (SSSR count). The van der Waals surface area contributed by atoms with E-state index in [1.54, 1.807) is 11.4 Å². The van der Waals surface area contributed by atoms with Gasteiger partial charge in [0, 0.05) is 23.6 Å². The number of halogens is 6. The molecule has 0 aromatic heterocycles. The number of hydrogen-bond acceptors (Lipinski definition) is 0. The summed E-state index contributed by atoms with van der Waals surface area (Å²) in [4.78, 5) is 2.31. The first kappa shape index (κ1) is 43.9. The molecule has 1 aromatic carbocycles. The first-order chi connectivity index (χ1) is 25.8. The van der Waals surface area contributed by atoms with E-state index in [0.717, 1.165) is 10.4 Å². The van der Waals surface area contributed by atoms with Gasteiger partial charge in [-0.3, -0.25) is 0 Å². The van der Waals surface area contributed by atoms with Crippen molar-refractivity contribution in [2.45, 2.75) is 105 Å². The maximum atomic E-state index is 9.87. The van der Waals surface area contributed by atoms with Gasteiger partial charge in [-0.05, 0) is 102 Å². The molecule has 0 atom stereocenters. The third-order valence-electron chi connectivity index (χ3n) is 9.88. The van der Waals surface area contributed by atoms with Gasteiger partial charge in [-0.15, -0.1) is 0 Å². The van der Waals surface area contributed by atoms with Gasteiger partial charge < -0.3 is 0 Å².